The second-order valence-corrected chi connectivity index (χ2v) is 5.00. The van der Waals surface area contributed by atoms with Gasteiger partial charge in [0.05, 0.1) is 0 Å². The lowest BCUT2D eigenvalue weighted by Gasteiger charge is -2.28. The van der Waals surface area contributed by atoms with Gasteiger partial charge in [0.1, 0.15) is 5.82 Å². The molecule has 1 aliphatic heterocycles. The molecule has 0 radical (unpaired) electrons. The van der Waals surface area contributed by atoms with E-state index < -0.39 is 0 Å². The Hall–Kier alpha value is -1.09. The van der Waals surface area contributed by atoms with Crippen molar-refractivity contribution in [3.63, 3.8) is 0 Å². The maximum Gasteiger partial charge on any atom is 0.220 e. The summed E-state index contributed by atoms with van der Waals surface area (Å²) in [5.74, 6) is -0.246. The maximum atomic E-state index is 12.9. The van der Waals surface area contributed by atoms with Gasteiger partial charge in [-0.2, -0.15) is 0 Å². The van der Waals surface area contributed by atoms with Gasteiger partial charge in [-0.3, -0.25) is 4.79 Å². The molecule has 1 saturated heterocycles. The molecule has 1 aromatic carbocycles. The van der Waals surface area contributed by atoms with Crippen molar-refractivity contribution in [1.29, 1.82) is 0 Å². The van der Waals surface area contributed by atoms with Gasteiger partial charge < -0.3 is 5.32 Å². The molecule has 2 rings (SSSR count). The second-order valence-electron chi connectivity index (χ2n) is 4.59. The first kappa shape index (κ1) is 12.4. The van der Waals surface area contributed by atoms with Crippen LogP contribution in [0.2, 0.25) is 5.02 Å². The molecule has 1 atom stereocenters. The van der Waals surface area contributed by atoms with Crippen LogP contribution in [0.15, 0.2) is 18.2 Å². The fourth-order valence-electron chi connectivity index (χ4n) is 2.33. The maximum absolute atomic E-state index is 12.9. The molecule has 0 aromatic heterocycles. The molecular formula is C13H15ClFNO. The number of rotatable bonds is 3. The van der Waals surface area contributed by atoms with Crippen molar-refractivity contribution in [2.45, 2.75) is 38.1 Å². The Morgan fingerprint density at radius 1 is 1.53 bits per heavy atom. The summed E-state index contributed by atoms with van der Waals surface area (Å²) in [5, 5.41) is 3.45. The third-order valence-electron chi connectivity index (χ3n) is 3.46. The topological polar surface area (TPSA) is 29.1 Å². The first-order valence-electron chi connectivity index (χ1n) is 5.79. The Morgan fingerprint density at radius 3 is 2.82 bits per heavy atom. The minimum atomic E-state index is -0.334. The van der Waals surface area contributed by atoms with Crippen LogP contribution in [0.4, 0.5) is 4.39 Å². The fraction of sp³-hybridized carbons (Fsp3) is 0.462. The third kappa shape index (κ3) is 2.60. The zero-order valence-corrected chi connectivity index (χ0v) is 10.5. The molecule has 4 heteroatoms. The van der Waals surface area contributed by atoms with Crippen molar-refractivity contribution in [3.05, 3.63) is 34.6 Å². The molecule has 1 aliphatic rings. The molecule has 92 valence electrons. The molecule has 1 unspecified atom stereocenters. The van der Waals surface area contributed by atoms with Crippen molar-refractivity contribution in [1.82, 2.24) is 5.32 Å². The molecule has 1 heterocycles. The van der Waals surface area contributed by atoms with Gasteiger partial charge in [0.15, 0.2) is 0 Å². The monoisotopic (exact) mass is 255 g/mol. The average molecular weight is 256 g/mol. The summed E-state index contributed by atoms with van der Waals surface area (Å²) in [6.07, 6.45) is 2.89. The van der Waals surface area contributed by atoms with Crippen molar-refractivity contribution in [2.75, 3.05) is 0 Å². The zero-order valence-electron chi connectivity index (χ0n) is 9.72. The summed E-state index contributed by atoms with van der Waals surface area (Å²) < 4.78 is 12.9. The van der Waals surface area contributed by atoms with Crippen molar-refractivity contribution in [2.24, 2.45) is 0 Å². The number of nitrogens with one attached hydrogen (secondary N) is 1. The van der Waals surface area contributed by atoms with Crippen LogP contribution in [-0.2, 0) is 11.2 Å². The number of carbonyl (C=O) groups is 1. The van der Waals surface area contributed by atoms with Crippen LogP contribution in [-0.4, -0.2) is 11.4 Å². The Labute approximate surface area is 105 Å². The van der Waals surface area contributed by atoms with Crippen LogP contribution in [0.5, 0.6) is 0 Å². The minimum Gasteiger partial charge on any atom is -0.350 e. The van der Waals surface area contributed by atoms with Crippen molar-refractivity contribution >= 4 is 17.5 Å². The Bertz CT molecular complexity index is 449. The highest BCUT2D eigenvalue weighted by atomic mass is 35.5. The molecule has 1 N–H and O–H groups in total. The lowest BCUT2D eigenvalue weighted by molar-refractivity contribution is -0.119. The number of hydrogen-bond acceptors (Lipinski definition) is 1. The Kier molecular flexibility index (Phi) is 3.38. The second kappa shape index (κ2) is 4.65. The predicted molar refractivity (Wildman–Crippen MR) is 65.5 cm³/mol. The van der Waals surface area contributed by atoms with E-state index in [1.807, 2.05) is 6.92 Å². The molecule has 2 nitrogen and oxygen atoms in total. The van der Waals surface area contributed by atoms with Gasteiger partial charge in [-0.1, -0.05) is 24.6 Å². The number of halogens is 2. The molecular weight excluding hydrogens is 241 g/mol. The van der Waals surface area contributed by atoms with E-state index in [0.29, 0.717) is 17.9 Å². The van der Waals surface area contributed by atoms with E-state index in [9.17, 15) is 9.18 Å². The number of amides is 1. The van der Waals surface area contributed by atoms with Crippen LogP contribution >= 0.6 is 11.6 Å². The molecule has 17 heavy (non-hydrogen) atoms. The highest BCUT2D eigenvalue weighted by Gasteiger charge is 2.36. The smallest absolute Gasteiger partial charge is 0.220 e. The van der Waals surface area contributed by atoms with Crippen molar-refractivity contribution in [3.8, 4) is 0 Å². The fourth-order valence-corrected chi connectivity index (χ4v) is 2.56. The standard InChI is InChI=1S/C13H15ClFNO/c1-2-13(6-5-12(17)16-13)8-9-3-4-10(15)7-11(9)14/h3-4,7H,2,5-6,8H2,1H3,(H,16,17). The SMILES string of the molecule is CCC1(Cc2ccc(F)cc2Cl)CCC(=O)N1. The van der Waals surface area contributed by atoms with E-state index in [0.717, 1.165) is 18.4 Å². The number of benzene rings is 1. The third-order valence-corrected chi connectivity index (χ3v) is 3.81. The van der Waals surface area contributed by atoms with Gasteiger partial charge in [-0.25, -0.2) is 4.39 Å². The van der Waals surface area contributed by atoms with Gasteiger partial charge in [0, 0.05) is 17.0 Å². The molecule has 0 aliphatic carbocycles. The van der Waals surface area contributed by atoms with E-state index in [1.54, 1.807) is 6.07 Å². The molecule has 1 amide bonds. The van der Waals surface area contributed by atoms with Gasteiger partial charge in [-0.15, -0.1) is 0 Å². The summed E-state index contributed by atoms with van der Waals surface area (Å²) in [6.45, 7) is 2.04. The summed E-state index contributed by atoms with van der Waals surface area (Å²) in [7, 11) is 0. The van der Waals surface area contributed by atoms with Gasteiger partial charge in [0.2, 0.25) is 5.91 Å². The quantitative estimate of drug-likeness (QED) is 0.884. The van der Waals surface area contributed by atoms with Crippen LogP contribution < -0.4 is 5.32 Å². The van der Waals surface area contributed by atoms with E-state index in [1.165, 1.54) is 12.1 Å². The minimum absolute atomic E-state index is 0.0880. The van der Waals surface area contributed by atoms with E-state index in [-0.39, 0.29) is 17.3 Å². The Morgan fingerprint density at radius 2 is 2.29 bits per heavy atom. The van der Waals surface area contributed by atoms with Gasteiger partial charge in [0.25, 0.3) is 0 Å². The highest BCUT2D eigenvalue weighted by Crippen LogP contribution is 2.30. The average Bonchev–Trinajstić information content (AvgIpc) is 2.65. The van der Waals surface area contributed by atoms with E-state index >= 15 is 0 Å². The molecule has 0 spiro atoms. The van der Waals surface area contributed by atoms with E-state index in [2.05, 4.69) is 5.32 Å². The summed E-state index contributed by atoms with van der Waals surface area (Å²) in [4.78, 5) is 11.3. The summed E-state index contributed by atoms with van der Waals surface area (Å²) >= 11 is 6.01. The summed E-state index contributed by atoms with van der Waals surface area (Å²) in [6, 6.07) is 4.41. The zero-order chi connectivity index (χ0) is 12.5. The van der Waals surface area contributed by atoms with E-state index in [4.69, 9.17) is 11.6 Å². The Balaban J connectivity index is 2.21. The van der Waals surface area contributed by atoms with Crippen LogP contribution in [0, 0.1) is 5.82 Å². The largest absolute Gasteiger partial charge is 0.350 e. The first-order chi connectivity index (χ1) is 8.04. The number of carbonyl (C=O) groups excluding carboxylic acids is 1. The predicted octanol–water partition coefficient (Wildman–Crippen LogP) is 3.08. The highest BCUT2D eigenvalue weighted by molar-refractivity contribution is 6.31. The lowest BCUT2D eigenvalue weighted by atomic mass is 9.87. The molecule has 1 aromatic rings. The van der Waals surface area contributed by atoms with Crippen LogP contribution in [0.3, 0.4) is 0 Å². The van der Waals surface area contributed by atoms with Crippen LogP contribution in [0.1, 0.15) is 31.7 Å². The van der Waals surface area contributed by atoms with Gasteiger partial charge >= 0.3 is 0 Å². The lowest BCUT2D eigenvalue weighted by Crippen LogP contribution is -2.43. The molecule has 1 fully saturated rings. The summed E-state index contributed by atoms with van der Waals surface area (Å²) in [5.41, 5.74) is 0.676. The van der Waals surface area contributed by atoms with Gasteiger partial charge in [-0.05, 0) is 37.0 Å². The molecule has 0 saturated carbocycles. The van der Waals surface area contributed by atoms with Crippen molar-refractivity contribution < 1.29 is 9.18 Å². The van der Waals surface area contributed by atoms with Crippen LogP contribution in [0.25, 0.3) is 0 Å². The molecule has 0 bridgehead atoms. The number of hydrogen-bond donors (Lipinski definition) is 1. The first-order valence-corrected chi connectivity index (χ1v) is 6.17. The normalized spacial score (nSPS) is 23.8.